The van der Waals surface area contributed by atoms with Gasteiger partial charge in [0, 0.05) is 17.8 Å². The van der Waals surface area contributed by atoms with E-state index in [1.54, 1.807) is 6.07 Å². The van der Waals surface area contributed by atoms with Crippen LogP contribution in [0.15, 0.2) is 36.7 Å². The second-order valence-electron chi connectivity index (χ2n) is 5.03. The number of fused-ring (bicyclic) bond motifs is 1. The zero-order valence-electron chi connectivity index (χ0n) is 12.1. The number of anilines is 1. The Morgan fingerprint density at radius 2 is 1.96 bits per heavy atom. The SMILES string of the molecule is O=S(=O)(CCc1c(F)cccc1F)N1CCOc2ccncc21. The molecule has 5 nitrogen and oxygen atoms in total. The number of halogens is 2. The number of sulfonamides is 1. The lowest BCUT2D eigenvalue weighted by molar-refractivity contribution is 0.315. The minimum atomic E-state index is -3.75. The van der Waals surface area contributed by atoms with E-state index in [-0.39, 0.29) is 25.1 Å². The first kappa shape index (κ1) is 15.7. The molecule has 1 aliphatic rings. The molecular formula is C15H14F2N2O3S. The minimum Gasteiger partial charge on any atom is -0.489 e. The lowest BCUT2D eigenvalue weighted by atomic mass is 10.1. The van der Waals surface area contributed by atoms with E-state index in [4.69, 9.17) is 4.74 Å². The van der Waals surface area contributed by atoms with Crippen molar-refractivity contribution >= 4 is 15.7 Å². The van der Waals surface area contributed by atoms with E-state index in [1.807, 2.05) is 0 Å². The second kappa shape index (κ2) is 6.11. The monoisotopic (exact) mass is 340 g/mol. The molecule has 0 amide bonds. The molecule has 0 spiro atoms. The third kappa shape index (κ3) is 3.12. The highest BCUT2D eigenvalue weighted by Gasteiger charge is 2.29. The van der Waals surface area contributed by atoms with Crippen molar-refractivity contribution in [2.24, 2.45) is 0 Å². The molecule has 2 aromatic rings. The van der Waals surface area contributed by atoms with Crippen molar-refractivity contribution in [1.29, 1.82) is 0 Å². The number of nitrogens with zero attached hydrogens (tertiary/aromatic N) is 2. The maximum Gasteiger partial charge on any atom is 0.235 e. The molecule has 0 atom stereocenters. The summed E-state index contributed by atoms with van der Waals surface area (Å²) in [7, 11) is -3.75. The van der Waals surface area contributed by atoms with E-state index in [0.29, 0.717) is 11.4 Å². The van der Waals surface area contributed by atoms with Gasteiger partial charge in [0.05, 0.1) is 18.5 Å². The van der Waals surface area contributed by atoms with E-state index in [1.165, 1.54) is 22.8 Å². The van der Waals surface area contributed by atoms with Gasteiger partial charge in [-0.2, -0.15) is 0 Å². The highest BCUT2D eigenvalue weighted by molar-refractivity contribution is 7.92. The summed E-state index contributed by atoms with van der Waals surface area (Å²) in [6, 6.07) is 5.04. The lowest BCUT2D eigenvalue weighted by Gasteiger charge is -2.29. The third-order valence-electron chi connectivity index (χ3n) is 3.59. The van der Waals surface area contributed by atoms with Gasteiger partial charge in [-0.05, 0) is 18.6 Å². The van der Waals surface area contributed by atoms with Crippen LogP contribution in [0.1, 0.15) is 5.56 Å². The molecule has 1 aliphatic heterocycles. The van der Waals surface area contributed by atoms with Crippen molar-refractivity contribution in [1.82, 2.24) is 4.98 Å². The molecule has 8 heteroatoms. The van der Waals surface area contributed by atoms with Gasteiger partial charge in [0.15, 0.2) is 0 Å². The zero-order chi connectivity index (χ0) is 16.4. The molecule has 0 saturated carbocycles. The number of benzene rings is 1. The molecule has 0 bridgehead atoms. The Morgan fingerprint density at radius 3 is 2.70 bits per heavy atom. The van der Waals surface area contributed by atoms with E-state index in [0.717, 1.165) is 12.1 Å². The Bertz CT molecular complexity index is 807. The predicted octanol–water partition coefficient (Wildman–Crippen LogP) is 2.13. The maximum atomic E-state index is 13.6. The summed E-state index contributed by atoms with van der Waals surface area (Å²) >= 11 is 0. The molecule has 1 aromatic carbocycles. The average molecular weight is 340 g/mol. The summed E-state index contributed by atoms with van der Waals surface area (Å²) in [6.45, 7) is 0.352. The van der Waals surface area contributed by atoms with Gasteiger partial charge >= 0.3 is 0 Å². The highest BCUT2D eigenvalue weighted by Crippen LogP contribution is 2.32. The predicted molar refractivity (Wildman–Crippen MR) is 80.9 cm³/mol. The van der Waals surface area contributed by atoms with Crippen LogP contribution in [0, 0.1) is 11.6 Å². The smallest absolute Gasteiger partial charge is 0.235 e. The minimum absolute atomic E-state index is 0.140. The summed E-state index contributed by atoms with van der Waals surface area (Å²) < 4.78 is 58.9. The van der Waals surface area contributed by atoms with Crippen LogP contribution in [-0.4, -0.2) is 32.3 Å². The fourth-order valence-corrected chi connectivity index (χ4v) is 3.91. The summed E-state index contributed by atoms with van der Waals surface area (Å²) in [5.74, 6) is -1.47. The van der Waals surface area contributed by atoms with Crippen molar-refractivity contribution in [2.75, 3.05) is 23.2 Å². The molecule has 2 heterocycles. The first-order chi connectivity index (χ1) is 11.0. The van der Waals surface area contributed by atoms with Crippen LogP contribution in [0.2, 0.25) is 0 Å². The largest absolute Gasteiger partial charge is 0.489 e. The van der Waals surface area contributed by atoms with Gasteiger partial charge in [0.2, 0.25) is 10.0 Å². The lowest BCUT2D eigenvalue weighted by Crippen LogP contribution is -2.39. The van der Waals surface area contributed by atoms with Crippen LogP contribution in [0.3, 0.4) is 0 Å². The third-order valence-corrected chi connectivity index (χ3v) is 5.36. The second-order valence-corrected chi connectivity index (χ2v) is 7.04. The molecule has 0 aliphatic carbocycles. The zero-order valence-corrected chi connectivity index (χ0v) is 12.9. The Morgan fingerprint density at radius 1 is 1.22 bits per heavy atom. The first-order valence-electron chi connectivity index (χ1n) is 6.99. The Kier molecular flexibility index (Phi) is 4.16. The van der Waals surface area contributed by atoms with Gasteiger partial charge in [-0.1, -0.05) is 6.07 Å². The number of pyridine rings is 1. The summed E-state index contributed by atoms with van der Waals surface area (Å²) in [6.07, 6.45) is 2.66. The summed E-state index contributed by atoms with van der Waals surface area (Å²) in [5, 5.41) is 0. The van der Waals surface area contributed by atoms with Gasteiger partial charge < -0.3 is 4.74 Å². The van der Waals surface area contributed by atoms with Crippen LogP contribution < -0.4 is 9.04 Å². The van der Waals surface area contributed by atoms with Crippen molar-refractivity contribution in [3.05, 3.63) is 53.9 Å². The van der Waals surface area contributed by atoms with E-state index >= 15 is 0 Å². The number of rotatable bonds is 4. The van der Waals surface area contributed by atoms with E-state index in [2.05, 4.69) is 4.98 Å². The number of hydrogen-bond acceptors (Lipinski definition) is 4. The number of hydrogen-bond donors (Lipinski definition) is 0. The normalized spacial score (nSPS) is 14.3. The van der Waals surface area contributed by atoms with Crippen LogP contribution in [0.4, 0.5) is 14.5 Å². The number of aromatic nitrogens is 1. The molecule has 3 rings (SSSR count). The van der Waals surface area contributed by atoms with E-state index < -0.39 is 27.4 Å². The van der Waals surface area contributed by atoms with Crippen LogP contribution in [-0.2, 0) is 16.4 Å². The molecule has 0 unspecified atom stereocenters. The van der Waals surface area contributed by atoms with Crippen molar-refractivity contribution < 1.29 is 21.9 Å². The molecule has 0 fully saturated rings. The molecule has 0 saturated heterocycles. The standard InChI is InChI=1S/C15H14F2N2O3S/c16-12-2-1-3-13(17)11(12)5-9-23(20,21)19-7-8-22-15-4-6-18-10-14(15)19/h1-4,6,10H,5,7-9H2. The van der Waals surface area contributed by atoms with E-state index in [9.17, 15) is 17.2 Å². The summed E-state index contributed by atoms with van der Waals surface area (Å²) in [5.41, 5.74) is 0.114. The van der Waals surface area contributed by atoms with Crippen molar-refractivity contribution in [3.8, 4) is 5.75 Å². The number of ether oxygens (including phenoxy) is 1. The Hall–Kier alpha value is -2.22. The Labute approximate surface area is 132 Å². The first-order valence-corrected chi connectivity index (χ1v) is 8.60. The van der Waals surface area contributed by atoms with Gasteiger partial charge in [0.1, 0.15) is 29.7 Å². The molecule has 1 aromatic heterocycles. The molecule has 23 heavy (non-hydrogen) atoms. The van der Waals surface area contributed by atoms with Gasteiger partial charge in [-0.15, -0.1) is 0 Å². The van der Waals surface area contributed by atoms with Crippen molar-refractivity contribution in [2.45, 2.75) is 6.42 Å². The van der Waals surface area contributed by atoms with Crippen molar-refractivity contribution in [3.63, 3.8) is 0 Å². The molecule has 0 N–H and O–H groups in total. The molecule has 122 valence electrons. The Balaban J connectivity index is 1.83. The molecular weight excluding hydrogens is 326 g/mol. The molecule has 0 radical (unpaired) electrons. The highest BCUT2D eigenvalue weighted by atomic mass is 32.2. The maximum absolute atomic E-state index is 13.6. The van der Waals surface area contributed by atoms with Crippen LogP contribution in [0.25, 0.3) is 0 Å². The van der Waals surface area contributed by atoms with Gasteiger partial charge in [0.25, 0.3) is 0 Å². The fourth-order valence-electron chi connectivity index (χ4n) is 2.44. The quantitative estimate of drug-likeness (QED) is 0.856. The summed E-state index contributed by atoms with van der Waals surface area (Å²) in [4.78, 5) is 3.90. The fraction of sp³-hybridized carbons (Fsp3) is 0.267. The van der Waals surface area contributed by atoms with Crippen LogP contribution >= 0.6 is 0 Å². The van der Waals surface area contributed by atoms with Gasteiger partial charge in [-0.3, -0.25) is 9.29 Å². The topological polar surface area (TPSA) is 59.5 Å². The van der Waals surface area contributed by atoms with Gasteiger partial charge in [-0.25, -0.2) is 17.2 Å². The van der Waals surface area contributed by atoms with Crippen LogP contribution in [0.5, 0.6) is 5.75 Å². The average Bonchev–Trinajstić information content (AvgIpc) is 2.54.